The number of rotatable bonds is 10. The number of likely N-dealkylation sites (N-methyl/N-ethyl adjacent to an activating group) is 1. The number of anilines is 2. The molecule has 4 heterocycles. The number of benzene rings is 1. The van der Waals surface area contributed by atoms with Gasteiger partial charge in [0, 0.05) is 42.1 Å². The van der Waals surface area contributed by atoms with Crippen molar-refractivity contribution in [2.45, 2.75) is 33.4 Å². The minimum atomic E-state index is 0.0472. The number of aromatic nitrogens is 4. The molecular weight excluding hydrogens is 534 g/mol. The first-order chi connectivity index (χ1) is 19.1. The van der Waals surface area contributed by atoms with Gasteiger partial charge in [-0.05, 0) is 43.3 Å². The van der Waals surface area contributed by atoms with Crippen molar-refractivity contribution >= 4 is 50.6 Å². The second-order valence-corrected chi connectivity index (χ2v) is 10.6. The Bertz CT molecular complexity index is 1470. The Labute approximate surface area is 236 Å². The summed E-state index contributed by atoms with van der Waals surface area (Å²) in [6, 6.07) is 5.53. The highest BCUT2D eigenvalue weighted by Crippen LogP contribution is 2.38. The smallest absolute Gasteiger partial charge is 0.246 e. The normalized spacial score (nSPS) is 13.3. The van der Waals surface area contributed by atoms with Gasteiger partial charge in [0.15, 0.2) is 0 Å². The predicted octanol–water partition coefficient (Wildman–Crippen LogP) is 5.24. The second kappa shape index (κ2) is 12.5. The zero-order valence-corrected chi connectivity index (χ0v) is 23.5. The fraction of sp³-hybridized carbons (Fsp3) is 0.321. The van der Waals surface area contributed by atoms with Crippen LogP contribution < -0.4 is 10.1 Å². The van der Waals surface area contributed by atoms with Gasteiger partial charge in [0.05, 0.1) is 28.8 Å². The van der Waals surface area contributed by atoms with Gasteiger partial charge >= 0.3 is 0 Å². The summed E-state index contributed by atoms with van der Waals surface area (Å²) < 4.78 is 5.81. The molecule has 39 heavy (non-hydrogen) atoms. The van der Waals surface area contributed by atoms with E-state index in [1.807, 2.05) is 29.2 Å². The molecule has 0 fully saturated rings. The van der Waals surface area contributed by atoms with E-state index in [4.69, 9.17) is 16.3 Å². The van der Waals surface area contributed by atoms with Crippen LogP contribution in [0.15, 0.2) is 55.3 Å². The van der Waals surface area contributed by atoms with Crippen LogP contribution in [0.1, 0.15) is 30.0 Å². The van der Waals surface area contributed by atoms with Crippen LogP contribution in [-0.2, 0) is 24.4 Å². The first kappa shape index (κ1) is 27.0. The van der Waals surface area contributed by atoms with Gasteiger partial charge in [-0.2, -0.15) is 0 Å². The van der Waals surface area contributed by atoms with Crippen molar-refractivity contribution < 1.29 is 9.53 Å². The molecule has 0 unspecified atom stereocenters. The summed E-state index contributed by atoms with van der Waals surface area (Å²) in [6.07, 6.45) is 10.9. The Kier molecular flexibility index (Phi) is 8.65. The molecule has 11 heteroatoms. The van der Waals surface area contributed by atoms with Crippen LogP contribution in [0.5, 0.6) is 5.75 Å². The molecule has 1 amide bonds. The minimum Gasteiger partial charge on any atom is -0.486 e. The number of ether oxygens (including phenoxy) is 1. The third kappa shape index (κ3) is 6.35. The largest absolute Gasteiger partial charge is 0.486 e. The van der Waals surface area contributed by atoms with Gasteiger partial charge in [-0.3, -0.25) is 14.8 Å². The number of amides is 1. The summed E-state index contributed by atoms with van der Waals surface area (Å²) in [6.45, 7) is 8.48. The molecule has 202 valence electrons. The third-order valence-corrected chi connectivity index (χ3v) is 8.07. The lowest BCUT2D eigenvalue weighted by Crippen LogP contribution is -2.34. The summed E-state index contributed by atoms with van der Waals surface area (Å²) >= 11 is 8.13. The van der Waals surface area contributed by atoms with Crippen LogP contribution >= 0.6 is 22.9 Å². The molecule has 0 atom stereocenters. The van der Waals surface area contributed by atoms with E-state index in [0.717, 1.165) is 58.3 Å². The van der Waals surface area contributed by atoms with E-state index in [1.54, 1.807) is 42.3 Å². The number of nitrogens with zero attached hydrogens (tertiary/aromatic N) is 6. The molecule has 4 aromatic rings. The summed E-state index contributed by atoms with van der Waals surface area (Å²) in [7, 11) is 0. The summed E-state index contributed by atoms with van der Waals surface area (Å²) in [5.74, 6) is 1.33. The van der Waals surface area contributed by atoms with Crippen LogP contribution in [0.2, 0.25) is 5.02 Å². The Hall–Kier alpha value is -3.60. The molecular formula is C28H30ClN7O2S. The van der Waals surface area contributed by atoms with Crippen molar-refractivity contribution in [1.29, 1.82) is 0 Å². The molecule has 0 spiro atoms. The number of nitrogens with one attached hydrogen (secondary N) is 1. The maximum absolute atomic E-state index is 12.8. The topological polar surface area (TPSA) is 96.4 Å². The quantitative estimate of drug-likeness (QED) is 0.262. The van der Waals surface area contributed by atoms with Gasteiger partial charge in [-0.15, -0.1) is 11.3 Å². The number of fused-ring (bicyclic) bond motifs is 3. The van der Waals surface area contributed by atoms with Crippen LogP contribution in [0, 0.1) is 0 Å². The molecule has 0 saturated carbocycles. The van der Waals surface area contributed by atoms with Gasteiger partial charge in [-0.1, -0.05) is 31.5 Å². The first-order valence-electron chi connectivity index (χ1n) is 12.9. The Morgan fingerprint density at radius 1 is 1.23 bits per heavy atom. The highest BCUT2D eigenvalue weighted by atomic mass is 35.5. The lowest BCUT2D eigenvalue weighted by Gasteiger charge is -2.26. The van der Waals surface area contributed by atoms with E-state index < -0.39 is 0 Å². The van der Waals surface area contributed by atoms with Crippen molar-refractivity contribution in [3.63, 3.8) is 0 Å². The van der Waals surface area contributed by atoms with Crippen molar-refractivity contribution in [3.8, 4) is 5.75 Å². The average Bonchev–Trinajstić information content (AvgIpc) is 3.34. The third-order valence-electron chi connectivity index (χ3n) is 6.65. The van der Waals surface area contributed by atoms with E-state index >= 15 is 0 Å². The molecule has 0 aliphatic carbocycles. The second-order valence-electron chi connectivity index (χ2n) is 9.06. The number of hydrogen-bond donors (Lipinski definition) is 1. The van der Waals surface area contributed by atoms with Crippen molar-refractivity contribution in [1.82, 2.24) is 29.7 Å². The molecule has 1 N–H and O–H groups in total. The number of carbonyl (C=O) groups excluding carboxylic acids is 1. The maximum atomic E-state index is 12.8. The zero-order valence-electron chi connectivity index (χ0n) is 21.9. The standard InChI is InChI=1S/C28H30ClN7O2S/c1-3-35(4-2)12-5-6-25(37)36-13-9-21-24(16-36)39-28-26(21)27(32-18-33-28)34-19-7-8-23(22(29)14-19)38-17-20-15-30-10-11-31-20/h5-8,10-11,14-15,18H,3-4,9,12-13,16-17H2,1-2H3,(H,32,33,34). The van der Waals surface area contributed by atoms with Gasteiger partial charge in [0.2, 0.25) is 5.91 Å². The maximum Gasteiger partial charge on any atom is 0.246 e. The van der Waals surface area contributed by atoms with Crippen LogP contribution in [0.25, 0.3) is 10.2 Å². The van der Waals surface area contributed by atoms with Crippen molar-refractivity contribution in [2.75, 3.05) is 31.5 Å². The highest BCUT2D eigenvalue weighted by molar-refractivity contribution is 7.19. The molecule has 3 aromatic heterocycles. The summed E-state index contributed by atoms with van der Waals surface area (Å²) in [5.41, 5.74) is 2.71. The number of halogens is 1. The molecule has 1 aliphatic heterocycles. The predicted molar refractivity (Wildman–Crippen MR) is 155 cm³/mol. The summed E-state index contributed by atoms with van der Waals surface area (Å²) in [5, 5.41) is 4.88. The van der Waals surface area contributed by atoms with Crippen molar-refractivity contribution in [3.05, 3.63) is 76.4 Å². The fourth-order valence-electron chi connectivity index (χ4n) is 4.49. The van der Waals surface area contributed by atoms with Gasteiger partial charge in [-0.25, -0.2) is 9.97 Å². The average molecular weight is 564 g/mol. The van der Waals surface area contributed by atoms with Gasteiger partial charge < -0.3 is 19.9 Å². The van der Waals surface area contributed by atoms with E-state index in [0.29, 0.717) is 23.9 Å². The Morgan fingerprint density at radius 3 is 2.87 bits per heavy atom. The fourth-order valence-corrected chi connectivity index (χ4v) is 5.93. The van der Waals surface area contributed by atoms with E-state index in [2.05, 4.69) is 44.0 Å². The first-order valence-corrected chi connectivity index (χ1v) is 14.1. The molecule has 1 aromatic carbocycles. The Balaban J connectivity index is 1.29. The van der Waals surface area contributed by atoms with E-state index in [-0.39, 0.29) is 12.5 Å². The molecule has 0 saturated heterocycles. The molecule has 9 nitrogen and oxygen atoms in total. The molecule has 1 aliphatic rings. The zero-order chi connectivity index (χ0) is 27.2. The SMILES string of the molecule is CCN(CC)CC=CC(=O)N1CCc2c(sc3ncnc(Nc4ccc(OCc5cnccn5)c(Cl)c4)c23)C1. The minimum absolute atomic E-state index is 0.0472. The van der Waals surface area contributed by atoms with Crippen LogP contribution in [0.3, 0.4) is 0 Å². The lowest BCUT2D eigenvalue weighted by atomic mass is 10.0. The van der Waals surface area contributed by atoms with E-state index in [1.165, 1.54) is 5.56 Å². The van der Waals surface area contributed by atoms with E-state index in [9.17, 15) is 4.79 Å². The van der Waals surface area contributed by atoms with Crippen LogP contribution in [0.4, 0.5) is 11.5 Å². The van der Waals surface area contributed by atoms with Gasteiger partial charge in [0.25, 0.3) is 0 Å². The monoisotopic (exact) mass is 563 g/mol. The van der Waals surface area contributed by atoms with Crippen LogP contribution in [-0.4, -0.2) is 61.8 Å². The lowest BCUT2D eigenvalue weighted by molar-refractivity contribution is -0.126. The highest BCUT2D eigenvalue weighted by Gasteiger charge is 2.25. The molecule has 0 bridgehead atoms. The molecule has 5 rings (SSSR count). The number of hydrogen-bond acceptors (Lipinski definition) is 9. The Morgan fingerprint density at radius 2 is 2.10 bits per heavy atom. The van der Waals surface area contributed by atoms with Crippen molar-refractivity contribution in [2.24, 2.45) is 0 Å². The van der Waals surface area contributed by atoms with Gasteiger partial charge in [0.1, 0.15) is 29.3 Å². The summed E-state index contributed by atoms with van der Waals surface area (Å²) in [4.78, 5) is 36.4. The number of thiophene rings is 1. The molecule has 0 radical (unpaired) electrons. The number of carbonyl (C=O) groups is 1.